The standard InChI is InChI=1S/C33H37N5O7S2/c1-7-44-31(41)28-21(5)29(32(42)45-8-2)47-30(28)35-27(40)18-46-33-37-36-25(38(33)24-11-9-10-19(3)20(24)4)17-34-26(39)16-22-12-14-23(43-6)15-13-22/h9-15H,7-8,16-18H2,1-6H3,(H,34,39)(H,35,40). The van der Waals surface area contributed by atoms with E-state index in [1.165, 1.54) is 0 Å². The molecular weight excluding hydrogens is 643 g/mol. The number of carbonyl (C=O) groups excluding carboxylic acids is 4. The van der Waals surface area contributed by atoms with Crippen LogP contribution in [-0.4, -0.2) is 64.6 Å². The number of benzene rings is 2. The molecule has 248 valence electrons. The molecular formula is C33H37N5O7S2. The Kier molecular flexibility index (Phi) is 12.1. The van der Waals surface area contributed by atoms with Gasteiger partial charge in [-0.2, -0.15) is 0 Å². The summed E-state index contributed by atoms with van der Waals surface area (Å²) in [4.78, 5) is 51.5. The third kappa shape index (κ3) is 8.57. The fourth-order valence-electron chi connectivity index (χ4n) is 4.63. The van der Waals surface area contributed by atoms with Crippen LogP contribution >= 0.6 is 23.1 Å². The molecule has 4 rings (SSSR count). The lowest BCUT2D eigenvalue weighted by molar-refractivity contribution is -0.120. The minimum atomic E-state index is -0.645. The van der Waals surface area contributed by atoms with E-state index < -0.39 is 17.8 Å². The molecule has 0 unspecified atom stereocenters. The van der Waals surface area contributed by atoms with Crippen molar-refractivity contribution in [3.63, 3.8) is 0 Å². The van der Waals surface area contributed by atoms with Gasteiger partial charge in [0, 0.05) is 0 Å². The van der Waals surface area contributed by atoms with Gasteiger partial charge in [-0.05, 0) is 75.1 Å². The van der Waals surface area contributed by atoms with E-state index in [2.05, 4.69) is 20.8 Å². The normalized spacial score (nSPS) is 10.8. The fourth-order valence-corrected chi connectivity index (χ4v) is 6.50. The van der Waals surface area contributed by atoms with Gasteiger partial charge in [0.15, 0.2) is 11.0 Å². The van der Waals surface area contributed by atoms with Gasteiger partial charge >= 0.3 is 11.9 Å². The summed E-state index contributed by atoms with van der Waals surface area (Å²) in [5.74, 6) is -0.732. The number of aryl methyl sites for hydroxylation is 1. The number of methoxy groups -OCH3 is 1. The summed E-state index contributed by atoms with van der Waals surface area (Å²) in [7, 11) is 1.59. The molecule has 2 amide bonds. The molecule has 0 aliphatic rings. The van der Waals surface area contributed by atoms with E-state index in [0.717, 1.165) is 45.5 Å². The zero-order valence-electron chi connectivity index (χ0n) is 27.1. The highest BCUT2D eigenvalue weighted by Crippen LogP contribution is 2.35. The maximum absolute atomic E-state index is 13.2. The van der Waals surface area contributed by atoms with E-state index >= 15 is 0 Å². The number of rotatable bonds is 14. The molecule has 4 aromatic rings. The van der Waals surface area contributed by atoms with Gasteiger partial charge in [-0.1, -0.05) is 36.0 Å². The van der Waals surface area contributed by atoms with E-state index in [1.807, 2.05) is 48.7 Å². The van der Waals surface area contributed by atoms with E-state index in [4.69, 9.17) is 14.2 Å². The first-order valence-corrected chi connectivity index (χ1v) is 16.7. The van der Waals surface area contributed by atoms with Gasteiger partial charge in [-0.3, -0.25) is 14.2 Å². The van der Waals surface area contributed by atoms with Crippen molar-refractivity contribution >= 4 is 51.9 Å². The van der Waals surface area contributed by atoms with Crippen LogP contribution in [0.25, 0.3) is 5.69 Å². The highest BCUT2D eigenvalue weighted by atomic mass is 32.2. The summed E-state index contributed by atoms with van der Waals surface area (Å²) < 4.78 is 17.3. The molecule has 0 saturated carbocycles. The van der Waals surface area contributed by atoms with Crippen molar-refractivity contribution < 1.29 is 33.4 Å². The minimum Gasteiger partial charge on any atom is -0.497 e. The number of anilines is 1. The molecule has 0 aliphatic carbocycles. The van der Waals surface area contributed by atoms with Crippen molar-refractivity contribution in [3.8, 4) is 11.4 Å². The molecule has 0 spiro atoms. The third-order valence-corrected chi connectivity index (χ3v) is 9.27. The van der Waals surface area contributed by atoms with Crippen LogP contribution in [0.5, 0.6) is 5.75 Å². The van der Waals surface area contributed by atoms with Gasteiger partial charge in [0.05, 0.1) is 50.3 Å². The smallest absolute Gasteiger partial charge is 0.348 e. The Labute approximate surface area is 281 Å². The number of thiophene rings is 1. The topological polar surface area (TPSA) is 151 Å². The van der Waals surface area contributed by atoms with Gasteiger partial charge in [0.25, 0.3) is 0 Å². The van der Waals surface area contributed by atoms with Crippen LogP contribution in [0.3, 0.4) is 0 Å². The number of nitrogens with zero attached hydrogens (tertiary/aromatic N) is 3. The summed E-state index contributed by atoms with van der Waals surface area (Å²) in [6, 6.07) is 13.1. The molecule has 0 fully saturated rings. The van der Waals surface area contributed by atoms with Crippen LogP contribution in [0.1, 0.15) is 62.0 Å². The monoisotopic (exact) mass is 679 g/mol. The van der Waals surface area contributed by atoms with Crippen molar-refractivity contribution in [2.24, 2.45) is 0 Å². The number of esters is 2. The maximum Gasteiger partial charge on any atom is 0.348 e. The zero-order chi connectivity index (χ0) is 34.1. The lowest BCUT2D eigenvalue weighted by atomic mass is 10.1. The predicted molar refractivity (Wildman–Crippen MR) is 180 cm³/mol. The lowest BCUT2D eigenvalue weighted by Crippen LogP contribution is -2.26. The Balaban J connectivity index is 1.53. The average molecular weight is 680 g/mol. The zero-order valence-corrected chi connectivity index (χ0v) is 28.7. The molecule has 0 saturated heterocycles. The van der Waals surface area contributed by atoms with Crippen LogP contribution in [0.2, 0.25) is 0 Å². The van der Waals surface area contributed by atoms with E-state index in [9.17, 15) is 19.2 Å². The Morgan fingerprint density at radius 2 is 1.60 bits per heavy atom. The Bertz CT molecular complexity index is 1770. The molecule has 0 aliphatic heterocycles. The summed E-state index contributed by atoms with van der Waals surface area (Å²) in [6.45, 7) is 9.35. The van der Waals surface area contributed by atoms with E-state index in [0.29, 0.717) is 22.3 Å². The number of hydrogen-bond acceptors (Lipinski definition) is 11. The molecule has 12 nitrogen and oxygen atoms in total. The van der Waals surface area contributed by atoms with Gasteiger partial charge in [-0.25, -0.2) is 9.59 Å². The number of amides is 2. The Morgan fingerprint density at radius 3 is 2.28 bits per heavy atom. The number of hydrogen-bond donors (Lipinski definition) is 2. The molecule has 14 heteroatoms. The van der Waals surface area contributed by atoms with Gasteiger partial charge < -0.3 is 24.8 Å². The van der Waals surface area contributed by atoms with Crippen LogP contribution in [0.4, 0.5) is 5.00 Å². The lowest BCUT2D eigenvalue weighted by Gasteiger charge is -2.15. The largest absolute Gasteiger partial charge is 0.497 e. The van der Waals surface area contributed by atoms with Crippen LogP contribution in [0, 0.1) is 20.8 Å². The Hall–Kier alpha value is -4.69. The molecule has 0 radical (unpaired) electrons. The molecule has 2 N–H and O–H groups in total. The minimum absolute atomic E-state index is 0.0826. The summed E-state index contributed by atoms with van der Waals surface area (Å²) in [5.41, 5.74) is 4.19. The second kappa shape index (κ2) is 16.2. The van der Waals surface area contributed by atoms with Gasteiger partial charge in [-0.15, -0.1) is 21.5 Å². The first kappa shape index (κ1) is 35.2. The third-order valence-electron chi connectivity index (χ3n) is 7.16. The predicted octanol–water partition coefficient (Wildman–Crippen LogP) is 5.21. The second-order valence-electron chi connectivity index (χ2n) is 10.3. The summed E-state index contributed by atoms with van der Waals surface area (Å²) >= 11 is 2.11. The number of carbonyl (C=O) groups is 4. The molecule has 2 heterocycles. The van der Waals surface area contributed by atoms with Crippen molar-refractivity contribution in [2.75, 3.05) is 31.4 Å². The molecule has 0 atom stereocenters. The van der Waals surface area contributed by atoms with Crippen molar-refractivity contribution in [1.29, 1.82) is 0 Å². The fraction of sp³-hybridized carbons (Fsp3) is 0.333. The van der Waals surface area contributed by atoms with Crippen LogP contribution < -0.4 is 15.4 Å². The SMILES string of the molecule is CCOC(=O)c1sc(NC(=O)CSc2nnc(CNC(=O)Cc3ccc(OC)cc3)n2-c2cccc(C)c2C)c(C(=O)OCC)c1C. The molecule has 47 heavy (non-hydrogen) atoms. The Morgan fingerprint density at radius 1 is 0.894 bits per heavy atom. The van der Waals surface area contributed by atoms with E-state index in [1.54, 1.807) is 40.0 Å². The second-order valence-corrected chi connectivity index (χ2v) is 12.3. The molecule has 2 aromatic heterocycles. The number of ether oxygens (including phenoxy) is 3. The van der Waals surface area contributed by atoms with Crippen LogP contribution in [0.15, 0.2) is 47.6 Å². The van der Waals surface area contributed by atoms with Crippen LogP contribution in [-0.2, 0) is 32.0 Å². The van der Waals surface area contributed by atoms with Crippen molar-refractivity contribution in [3.05, 3.63) is 81.0 Å². The highest BCUT2D eigenvalue weighted by Gasteiger charge is 2.28. The number of aromatic nitrogens is 3. The average Bonchev–Trinajstić information content (AvgIpc) is 3.60. The molecule has 0 bridgehead atoms. The first-order valence-electron chi connectivity index (χ1n) is 14.9. The van der Waals surface area contributed by atoms with Crippen molar-refractivity contribution in [2.45, 2.75) is 52.7 Å². The summed E-state index contributed by atoms with van der Waals surface area (Å²) in [5, 5.41) is 15.0. The number of nitrogens with one attached hydrogen (secondary N) is 2. The van der Waals surface area contributed by atoms with Crippen molar-refractivity contribution in [1.82, 2.24) is 20.1 Å². The van der Waals surface area contributed by atoms with Gasteiger partial charge in [0.2, 0.25) is 11.8 Å². The molecule has 2 aromatic carbocycles. The van der Waals surface area contributed by atoms with E-state index in [-0.39, 0.29) is 53.3 Å². The quantitative estimate of drug-likeness (QED) is 0.134. The number of thioether (sulfide) groups is 1. The summed E-state index contributed by atoms with van der Waals surface area (Å²) in [6.07, 6.45) is 0.178. The first-order chi connectivity index (χ1) is 22.6. The highest BCUT2D eigenvalue weighted by molar-refractivity contribution is 7.99. The maximum atomic E-state index is 13.2. The van der Waals surface area contributed by atoms with Gasteiger partial charge in [0.1, 0.15) is 15.6 Å².